The zero-order valence-corrected chi connectivity index (χ0v) is 20.3. The molecule has 2 aliphatic rings. The maximum Gasteiger partial charge on any atom is 0.327 e. The monoisotopic (exact) mass is 478 g/mol. The molecule has 3 heterocycles. The number of nitrogens with zero attached hydrogens (tertiary/aromatic N) is 4. The fourth-order valence-corrected chi connectivity index (χ4v) is 6.11. The number of aromatic nitrogens is 1. The van der Waals surface area contributed by atoms with Gasteiger partial charge in [-0.3, -0.25) is 14.6 Å². The standard InChI is InChI=1S/C26H30N4O3S/c1-33-18-17-29-24(31)26(30(25(29)32)14-11-20-7-3-2-4-8-20)12-15-28(16-13-26)19-23-27-21-9-5-6-10-22(21)34-23/h2-10H,11-19H2,1H3. The van der Waals surface area contributed by atoms with E-state index in [2.05, 4.69) is 23.1 Å². The average molecular weight is 479 g/mol. The number of thiazole rings is 1. The number of amides is 3. The topological polar surface area (TPSA) is 66.0 Å². The Kier molecular flexibility index (Phi) is 6.63. The van der Waals surface area contributed by atoms with Crippen molar-refractivity contribution in [2.45, 2.75) is 31.3 Å². The summed E-state index contributed by atoms with van der Waals surface area (Å²) in [5.41, 5.74) is 1.44. The normalized spacial score (nSPS) is 18.5. The van der Waals surface area contributed by atoms with Gasteiger partial charge in [-0.1, -0.05) is 42.5 Å². The summed E-state index contributed by atoms with van der Waals surface area (Å²) in [6.45, 7) is 3.48. The van der Waals surface area contributed by atoms with E-state index in [-0.39, 0.29) is 11.9 Å². The number of likely N-dealkylation sites (tertiary alicyclic amines) is 1. The van der Waals surface area contributed by atoms with E-state index in [1.807, 2.05) is 41.3 Å². The predicted octanol–water partition coefficient (Wildman–Crippen LogP) is 3.78. The van der Waals surface area contributed by atoms with E-state index in [1.54, 1.807) is 18.4 Å². The van der Waals surface area contributed by atoms with Gasteiger partial charge in [-0.05, 0) is 37.0 Å². The third kappa shape index (κ3) is 4.33. The largest absolute Gasteiger partial charge is 0.383 e. The molecule has 0 N–H and O–H groups in total. The Morgan fingerprint density at radius 2 is 1.74 bits per heavy atom. The first-order chi connectivity index (χ1) is 16.6. The molecule has 2 saturated heterocycles. The molecular weight excluding hydrogens is 448 g/mol. The highest BCUT2D eigenvalue weighted by molar-refractivity contribution is 7.18. The molecule has 3 amide bonds. The summed E-state index contributed by atoms with van der Waals surface area (Å²) in [5.74, 6) is -0.0674. The minimum atomic E-state index is -0.760. The van der Waals surface area contributed by atoms with Gasteiger partial charge in [-0.2, -0.15) is 0 Å². The van der Waals surface area contributed by atoms with Crippen LogP contribution in [-0.4, -0.2) is 77.1 Å². The van der Waals surface area contributed by atoms with Gasteiger partial charge >= 0.3 is 6.03 Å². The summed E-state index contributed by atoms with van der Waals surface area (Å²) in [6, 6.07) is 18.2. The molecule has 1 spiro atoms. The van der Waals surface area contributed by atoms with Crippen LogP contribution < -0.4 is 0 Å². The SMILES string of the molecule is COCCN1C(=O)N(CCc2ccccc2)C2(CCN(Cc3nc4ccccc4s3)CC2)C1=O. The number of ether oxygens (including phenoxy) is 1. The van der Waals surface area contributed by atoms with Crippen LogP contribution in [0.25, 0.3) is 10.2 Å². The average Bonchev–Trinajstić information content (AvgIpc) is 3.35. The van der Waals surface area contributed by atoms with Crippen molar-refractivity contribution in [2.24, 2.45) is 0 Å². The number of carbonyl (C=O) groups excluding carboxylic acids is 2. The molecular formula is C26H30N4O3S. The number of carbonyl (C=O) groups is 2. The maximum atomic E-state index is 13.6. The quantitative estimate of drug-likeness (QED) is 0.461. The second kappa shape index (κ2) is 9.82. The summed E-state index contributed by atoms with van der Waals surface area (Å²) in [7, 11) is 1.59. The number of imide groups is 1. The zero-order valence-electron chi connectivity index (χ0n) is 19.5. The smallest absolute Gasteiger partial charge is 0.327 e. The van der Waals surface area contributed by atoms with Crippen molar-refractivity contribution in [1.29, 1.82) is 0 Å². The van der Waals surface area contributed by atoms with E-state index in [1.165, 1.54) is 15.2 Å². The fourth-order valence-electron chi connectivity index (χ4n) is 5.10. The molecule has 5 rings (SSSR count). The summed E-state index contributed by atoms with van der Waals surface area (Å²) in [4.78, 5) is 37.3. The molecule has 0 radical (unpaired) electrons. The minimum absolute atomic E-state index is 0.0674. The minimum Gasteiger partial charge on any atom is -0.383 e. The predicted molar refractivity (Wildman–Crippen MR) is 133 cm³/mol. The Labute approximate surface area is 203 Å². The molecule has 0 bridgehead atoms. The molecule has 2 aromatic carbocycles. The lowest BCUT2D eigenvalue weighted by Crippen LogP contribution is -2.56. The van der Waals surface area contributed by atoms with E-state index in [0.29, 0.717) is 32.5 Å². The van der Waals surface area contributed by atoms with Gasteiger partial charge in [0.2, 0.25) is 0 Å². The van der Waals surface area contributed by atoms with Crippen LogP contribution in [0.5, 0.6) is 0 Å². The van der Waals surface area contributed by atoms with Crippen molar-refractivity contribution in [3.63, 3.8) is 0 Å². The molecule has 178 valence electrons. The van der Waals surface area contributed by atoms with Crippen LogP contribution >= 0.6 is 11.3 Å². The third-order valence-electron chi connectivity index (χ3n) is 6.99. The van der Waals surface area contributed by atoms with Gasteiger partial charge < -0.3 is 9.64 Å². The number of hydrogen-bond acceptors (Lipinski definition) is 6. The van der Waals surface area contributed by atoms with Gasteiger partial charge in [0.1, 0.15) is 10.5 Å². The number of fused-ring (bicyclic) bond motifs is 1. The Bertz CT molecular complexity index is 1120. The first-order valence-electron chi connectivity index (χ1n) is 11.8. The Hall–Kier alpha value is -2.81. The van der Waals surface area contributed by atoms with Gasteiger partial charge in [0, 0.05) is 26.7 Å². The van der Waals surface area contributed by atoms with Crippen LogP contribution in [-0.2, 0) is 22.5 Å². The molecule has 1 aromatic heterocycles. The molecule has 8 heteroatoms. The molecule has 34 heavy (non-hydrogen) atoms. The van der Waals surface area contributed by atoms with Gasteiger partial charge in [0.25, 0.3) is 5.91 Å². The number of rotatable bonds is 8. The highest BCUT2D eigenvalue weighted by Crippen LogP contribution is 2.38. The van der Waals surface area contributed by atoms with Gasteiger partial charge in [0.05, 0.1) is 29.9 Å². The van der Waals surface area contributed by atoms with Crippen LogP contribution in [0.4, 0.5) is 4.79 Å². The van der Waals surface area contributed by atoms with E-state index in [0.717, 1.165) is 36.6 Å². The maximum absolute atomic E-state index is 13.6. The second-order valence-electron chi connectivity index (χ2n) is 9.00. The molecule has 3 aromatic rings. The molecule has 7 nitrogen and oxygen atoms in total. The van der Waals surface area contributed by atoms with Crippen molar-refractivity contribution >= 4 is 33.5 Å². The van der Waals surface area contributed by atoms with E-state index >= 15 is 0 Å². The zero-order chi connectivity index (χ0) is 23.5. The van der Waals surface area contributed by atoms with Crippen molar-refractivity contribution in [2.75, 3.05) is 39.9 Å². The lowest BCUT2D eigenvalue weighted by atomic mass is 9.85. The van der Waals surface area contributed by atoms with Crippen LogP contribution in [0, 0.1) is 0 Å². The third-order valence-corrected chi connectivity index (χ3v) is 8.01. The van der Waals surface area contributed by atoms with E-state index in [4.69, 9.17) is 9.72 Å². The molecule has 0 saturated carbocycles. The molecule has 0 aliphatic carbocycles. The van der Waals surface area contributed by atoms with Crippen LogP contribution in [0.2, 0.25) is 0 Å². The molecule has 2 fully saturated rings. The Morgan fingerprint density at radius 1 is 1.00 bits per heavy atom. The molecule has 0 atom stereocenters. The number of urea groups is 1. The Balaban J connectivity index is 1.31. The van der Waals surface area contributed by atoms with Crippen LogP contribution in [0.15, 0.2) is 54.6 Å². The van der Waals surface area contributed by atoms with E-state index < -0.39 is 5.54 Å². The summed E-state index contributed by atoms with van der Waals surface area (Å²) in [5, 5.41) is 1.09. The molecule has 2 aliphatic heterocycles. The van der Waals surface area contributed by atoms with Gasteiger partial charge in [0.15, 0.2) is 0 Å². The highest BCUT2D eigenvalue weighted by Gasteiger charge is 2.57. The second-order valence-corrected chi connectivity index (χ2v) is 10.1. The van der Waals surface area contributed by atoms with Crippen LogP contribution in [0.3, 0.4) is 0 Å². The summed E-state index contributed by atoms with van der Waals surface area (Å²) < 4.78 is 6.37. The lowest BCUT2D eigenvalue weighted by Gasteiger charge is -2.42. The van der Waals surface area contributed by atoms with Gasteiger partial charge in [-0.15, -0.1) is 11.3 Å². The summed E-state index contributed by atoms with van der Waals surface area (Å²) >= 11 is 1.73. The van der Waals surface area contributed by atoms with Crippen molar-refractivity contribution < 1.29 is 14.3 Å². The molecule has 0 unspecified atom stereocenters. The summed E-state index contributed by atoms with van der Waals surface area (Å²) in [6.07, 6.45) is 2.01. The van der Waals surface area contributed by atoms with E-state index in [9.17, 15) is 9.59 Å². The number of para-hydroxylation sites is 1. The Morgan fingerprint density at radius 3 is 2.47 bits per heavy atom. The lowest BCUT2D eigenvalue weighted by molar-refractivity contribution is -0.136. The van der Waals surface area contributed by atoms with Gasteiger partial charge in [-0.25, -0.2) is 9.78 Å². The number of piperidine rings is 1. The highest BCUT2D eigenvalue weighted by atomic mass is 32.1. The fraction of sp³-hybridized carbons (Fsp3) is 0.423. The van der Waals surface area contributed by atoms with Crippen molar-refractivity contribution in [1.82, 2.24) is 19.7 Å². The number of hydrogen-bond donors (Lipinski definition) is 0. The van der Waals surface area contributed by atoms with Crippen molar-refractivity contribution in [3.05, 3.63) is 65.2 Å². The first kappa shape index (κ1) is 23.0. The number of benzene rings is 2. The first-order valence-corrected chi connectivity index (χ1v) is 12.7. The van der Waals surface area contributed by atoms with Crippen LogP contribution in [0.1, 0.15) is 23.4 Å². The number of methoxy groups -OCH3 is 1. The van der Waals surface area contributed by atoms with Crippen molar-refractivity contribution in [3.8, 4) is 0 Å².